The van der Waals surface area contributed by atoms with Crippen LogP contribution in [-0.4, -0.2) is 29.0 Å². The van der Waals surface area contributed by atoms with Gasteiger partial charge in [-0.25, -0.2) is 0 Å². The maximum Gasteiger partial charge on any atom is 0.397 e. The van der Waals surface area contributed by atoms with E-state index in [9.17, 15) is 18.0 Å². The van der Waals surface area contributed by atoms with Crippen molar-refractivity contribution >= 4 is 45.1 Å². The Morgan fingerprint density at radius 1 is 1.29 bits per heavy atom. The number of hydrogen-bond acceptors (Lipinski definition) is 5. The van der Waals surface area contributed by atoms with Crippen LogP contribution < -0.4 is 5.73 Å². The van der Waals surface area contributed by atoms with E-state index in [1.807, 2.05) is 30.3 Å². The van der Waals surface area contributed by atoms with Gasteiger partial charge in [0.1, 0.15) is 17.4 Å². The first-order valence-corrected chi connectivity index (χ1v) is 11.4. The summed E-state index contributed by atoms with van der Waals surface area (Å²) in [6, 6.07) is 14.2. The number of aliphatic imine (C=N–C) groups is 1. The van der Waals surface area contributed by atoms with Gasteiger partial charge in [-0.3, -0.25) is 9.79 Å². The number of nitrogens with two attached hydrogens (primary N) is 1. The third-order valence-corrected chi connectivity index (χ3v) is 7.23. The van der Waals surface area contributed by atoms with E-state index in [1.165, 1.54) is 6.92 Å². The van der Waals surface area contributed by atoms with Gasteiger partial charge in [0.25, 0.3) is 0 Å². The monoisotopic (exact) mass is 514 g/mol. The second kappa shape index (κ2) is 9.65. The third-order valence-electron chi connectivity index (χ3n) is 5.16. The van der Waals surface area contributed by atoms with Gasteiger partial charge < -0.3 is 10.5 Å². The van der Waals surface area contributed by atoms with Crippen molar-refractivity contribution in [3.8, 4) is 0 Å². The van der Waals surface area contributed by atoms with E-state index in [1.54, 1.807) is 18.2 Å². The zero-order valence-corrected chi connectivity index (χ0v) is 19.2. The lowest BCUT2D eigenvalue weighted by molar-refractivity contribution is -0.212. The van der Waals surface area contributed by atoms with Gasteiger partial charge >= 0.3 is 12.1 Å². The molecule has 0 radical (unpaired) electrons. The third kappa shape index (κ3) is 5.63. The molecule has 2 aromatic rings. The number of thioether (sulfide) groups is 1. The van der Waals surface area contributed by atoms with Crippen molar-refractivity contribution in [2.24, 2.45) is 10.4 Å². The van der Waals surface area contributed by atoms with E-state index < -0.39 is 22.9 Å². The predicted octanol–water partition coefficient (Wildman–Crippen LogP) is 5.99. The first-order valence-electron chi connectivity index (χ1n) is 9.60. The Kier molecular flexibility index (Phi) is 7.36. The number of nitrogens with zero attached hydrogens (tertiary/aromatic N) is 1. The standard InChI is InChI=1S/C22H22BrF3N2O2S/c1-21(22(24,25)26)12-18(15-7-8-17(27)16(23)11-15)28-20(21)31-10-9-19(29)30-13-14-5-3-2-4-6-14/h2-8,11,20H,9-10,12-13,27H2,1H3. The van der Waals surface area contributed by atoms with Gasteiger partial charge in [-0.2, -0.15) is 13.2 Å². The molecule has 2 N–H and O–H groups in total. The average molecular weight is 515 g/mol. The highest BCUT2D eigenvalue weighted by molar-refractivity contribution is 9.10. The van der Waals surface area contributed by atoms with Crippen molar-refractivity contribution in [1.29, 1.82) is 0 Å². The van der Waals surface area contributed by atoms with Crippen molar-refractivity contribution in [3.63, 3.8) is 0 Å². The minimum atomic E-state index is -4.44. The Bertz CT molecular complexity index is 969. The molecule has 1 heterocycles. The summed E-state index contributed by atoms with van der Waals surface area (Å²) in [7, 11) is 0. The summed E-state index contributed by atoms with van der Waals surface area (Å²) in [5, 5.41) is -1.04. The lowest BCUT2D eigenvalue weighted by atomic mass is 9.85. The number of rotatable bonds is 7. The summed E-state index contributed by atoms with van der Waals surface area (Å²) in [6.07, 6.45) is -4.65. The van der Waals surface area contributed by atoms with Crippen LogP contribution in [0.3, 0.4) is 0 Å². The molecule has 31 heavy (non-hydrogen) atoms. The van der Waals surface area contributed by atoms with Crippen LogP contribution in [0.15, 0.2) is 58.0 Å². The molecule has 0 saturated carbocycles. The van der Waals surface area contributed by atoms with E-state index in [0.717, 1.165) is 17.3 Å². The van der Waals surface area contributed by atoms with Crippen LogP contribution >= 0.6 is 27.7 Å². The number of ether oxygens (including phenoxy) is 1. The molecule has 0 bridgehead atoms. The number of carbonyl (C=O) groups is 1. The molecule has 2 atom stereocenters. The van der Waals surface area contributed by atoms with Crippen molar-refractivity contribution < 1.29 is 22.7 Å². The molecule has 0 aromatic heterocycles. The highest BCUT2D eigenvalue weighted by Gasteiger charge is 2.59. The molecule has 4 nitrogen and oxygen atoms in total. The fraction of sp³-hybridized carbons (Fsp3) is 0.364. The molecule has 0 amide bonds. The van der Waals surface area contributed by atoms with Crippen LogP contribution in [0.2, 0.25) is 0 Å². The predicted molar refractivity (Wildman–Crippen MR) is 121 cm³/mol. The van der Waals surface area contributed by atoms with Crippen LogP contribution in [0, 0.1) is 5.41 Å². The van der Waals surface area contributed by atoms with Gasteiger partial charge in [0, 0.05) is 28.0 Å². The van der Waals surface area contributed by atoms with E-state index in [0.29, 0.717) is 21.4 Å². The minimum Gasteiger partial charge on any atom is -0.461 e. The van der Waals surface area contributed by atoms with Gasteiger partial charge in [-0.15, -0.1) is 11.8 Å². The second-order valence-electron chi connectivity index (χ2n) is 7.52. The number of nitrogen functional groups attached to an aromatic ring is 1. The molecule has 3 rings (SSSR count). The largest absolute Gasteiger partial charge is 0.461 e. The lowest BCUT2D eigenvalue weighted by Crippen LogP contribution is -2.41. The van der Waals surface area contributed by atoms with E-state index >= 15 is 0 Å². The number of anilines is 1. The van der Waals surface area contributed by atoms with Crippen LogP contribution in [0.5, 0.6) is 0 Å². The zero-order chi connectivity index (χ0) is 22.6. The highest BCUT2D eigenvalue weighted by Crippen LogP contribution is 2.52. The summed E-state index contributed by atoms with van der Waals surface area (Å²) in [4.78, 5) is 16.4. The van der Waals surface area contributed by atoms with Crippen molar-refractivity contribution in [1.82, 2.24) is 0 Å². The first-order chi connectivity index (χ1) is 14.6. The lowest BCUT2D eigenvalue weighted by Gasteiger charge is -2.32. The summed E-state index contributed by atoms with van der Waals surface area (Å²) < 4.78 is 47.6. The minimum absolute atomic E-state index is 0.0141. The van der Waals surface area contributed by atoms with Crippen molar-refractivity contribution in [3.05, 3.63) is 64.1 Å². The molecule has 9 heteroatoms. The van der Waals surface area contributed by atoms with Gasteiger partial charge in [-0.05, 0) is 46.1 Å². The van der Waals surface area contributed by atoms with Crippen LogP contribution in [0.4, 0.5) is 18.9 Å². The Hall–Kier alpha value is -2.00. The maximum atomic E-state index is 13.9. The quantitative estimate of drug-likeness (QED) is 0.364. The van der Waals surface area contributed by atoms with Gasteiger partial charge in [0.15, 0.2) is 0 Å². The molecule has 0 aliphatic carbocycles. The Balaban J connectivity index is 1.64. The van der Waals surface area contributed by atoms with Gasteiger partial charge in [0.05, 0.1) is 6.42 Å². The summed E-state index contributed by atoms with van der Waals surface area (Å²) >= 11 is 4.34. The summed E-state index contributed by atoms with van der Waals surface area (Å²) in [6.45, 7) is 1.32. The SMILES string of the molecule is CC1(C(F)(F)F)CC(c2ccc(N)c(Br)c2)=NC1SCCC(=O)OCc1ccccc1. The fourth-order valence-electron chi connectivity index (χ4n) is 3.17. The molecular formula is C22H22BrF3N2O2S. The van der Waals surface area contributed by atoms with Crippen molar-refractivity contribution in [2.45, 2.75) is 37.9 Å². The topological polar surface area (TPSA) is 64.7 Å². The summed E-state index contributed by atoms with van der Waals surface area (Å²) in [5.41, 5.74) is 6.09. The molecule has 0 saturated heterocycles. The molecule has 1 aliphatic heterocycles. The number of benzene rings is 2. The molecule has 2 aromatic carbocycles. The molecule has 1 aliphatic rings. The smallest absolute Gasteiger partial charge is 0.397 e. The molecule has 166 valence electrons. The van der Waals surface area contributed by atoms with Gasteiger partial charge in [0.2, 0.25) is 0 Å². The Morgan fingerprint density at radius 3 is 2.65 bits per heavy atom. The van der Waals surface area contributed by atoms with E-state index in [-0.39, 0.29) is 25.2 Å². The summed E-state index contributed by atoms with van der Waals surface area (Å²) in [5.74, 6) is -0.263. The van der Waals surface area contributed by atoms with E-state index in [4.69, 9.17) is 10.5 Å². The second-order valence-corrected chi connectivity index (χ2v) is 9.57. The number of hydrogen-bond donors (Lipinski definition) is 1. The van der Waals surface area contributed by atoms with E-state index in [2.05, 4.69) is 20.9 Å². The zero-order valence-electron chi connectivity index (χ0n) is 16.8. The average Bonchev–Trinajstić information content (AvgIpc) is 3.07. The normalized spacial score (nSPS) is 21.1. The Morgan fingerprint density at radius 2 is 2.00 bits per heavy atom. The van der Waals surface area contributed by atoms with Crippen molar-refractivity contribution in [2.75, 3.05) is 11.5 Å². The maximum absolute atomic E-state index is 13.9. The molecule has 0 spiro atoms. The molecular weight excluding hydrogens is 493 g/mol. The van der Waals surface area contributed by atoms with Crippen LogP contribution in [-0.2, 0) is 16.1 Å². The Labute approximate surface area is 191 Å². The number of esters is 1. The fourth-order valence-corrected chi connectivity index (χ4v) is 4.85. The van der Waals surface area contributed by atoms with Gasteiger partial charge in [-0.1, -0.05) is 36.4 Å². The van der Waals surface area contributed by atoms with Crippen LogP contribution in [0.1, 0.15) is 30.9 Å². The molecule has 2 unspecified atom stereocenters. The highest BCUT2D eigenvalue weighted by atomic mass is 79.9. The number of alkyl halides is 3. The van der Waals surface area contributed by atoms with Crippen LogP contribution in [0.25, 0.3) is 0 Å². The number of carbonyl (C=O) groups excluding carboxylic acids is 1. The number of halogens is 4. The first kappa shape index (κ1) is 23.7. The molecule has 0 fully saturated rings.